The molecule has 6 heteroatoms. The molecule has 0 atom stereocenters. The molecule has 0 aromatic carbocycles. The molecule has 5 nitrogen and oxygen atoms in total. The van der Waals surface area contributed by atoms with Gasteiger partial charge in [-0.3, -0.25) is 0 Å². The Hall–Kier alpha value is -0.780. The average molecular weight is 222 g/mol. The third-order valence-electron chi connectivity index (χ3n) is 1.92. The fraction of sp³-hybridized carbons (Fsp3) is 0.875. The van der Waals surface area contributed by atoms with Crippen molar-refractivity contribution in [2.24, 2.45) is 0 Å². The zero-order chi connectivity index (χ0) is 11.4. The van der Waals surface area contributed by atoms with E-state index in [-0.39, 0.29) is 18.3 Å². The third-order valence-corrected chi connectivity index (χ3v) is 2.85. The topological polar surface area (TPSA) is 57.7 Å². The largest absolute Gasteiger partial charge is 0.328 e. The molecule has 0 aliphatic heterocycles. The molecule has 0 aromatic rings. The molecule has 0 saturated heterocycles. The first-order chi connectivity index (χ1) is 6.28. The highest BCUT2D eigenvalue weighted by Crippen LogP contribution is 1.94. The van der Waals surface area contributed by atoms with Gasteiger partial charge in [-0.2, -0.15) is 0 Å². The summed E-state index contributed by atoms with van der Waals surface area (Å²) in [6.45, 7) is 2.71. The molecule has 0 saturated carbocycles. The highest BCUT2D eigenvalue weighted by molar-refractivity contribution is 7.90. The van der Waals surface area contributed by atoms with Crippen LogP contribution in [0.4, 0.5) is 4.79 Å². The van der Waals surface area contributed by atoms with E-state index in [0.29, 0.717) is 6.54 Å². The van der Waals surface area contributed by atoms with Gasteiger partial charge in [0.2, 0.25) is 0 Å². The van der Waals surface area contributed by atoms with Crippen LogP contribution in [0, 0.1) is 0 Å². The van der Waals surface area contributed by atoms with Gasteiger partial charge in [-0.15, -0.1) is 0 Å². The van der Waals surface area contributed by atoms with Crippen molar-refractivity contribution in [3.63, 3.8) is 0 Å². The van der Waals surface area contributed by atoms with Crippen molar-refractivity contribution < 1.29 is 13.2 Å². The molecule has 0 fully saturated rings. The Balaban J connectivity index is 4.09. The number of carbonyl (C=O) groups excluding carboxylic acids is 1. The van der Waals surface area contributed by atoms with Crippen LogP contribution < -0.4 is 0 Å². The number of sulfone groups is 1. The molecule has 0 rings (SSSR count). The Bertz CT molecular complexity index is 287. The van der Waals surface area contributed by atoms with Crippen LogP contribution in [0.2, 0.25) is 0 Å². The molecule has 0 radical (unpaired) electrons. The monoisotopic (exact) mass is 222 g/mol. The van der Waals surface area contributed by atoms with Gasteiger partial charge in [0.05, 0.1) is 5.75 Å². The standard InChI is InChI=1S/C8H18N2O3S/c1-5-9(2)8(11)10(3)6-7-14(4,12)13/h5-7H2,1-4H3. The lowest BCUT2D eigenvalue weighted by Crippen LogP contribution is -2.40. The van der Waals surface area contributed by atoms with Crippen LogP contribution in [-0.4, -0.2) is 63.4 Å². The summed E-state index contributed by atoms with van der Waals surface area (Å²) < 4.78 is 21.7. The number of hydrogen-bond donors (Lipinski definition) is 0. The molecule has 0 heterocycles. The first-order valence-corrected chi connectivity index (χ1v) is 6.48. The Morgan fingerprint density at radius 2 is 1.71 bits per heavy atom. The first-order valence-electron chi connectivity index (χ1n) is 4.42. The number of rotatable bonds is 4. The summed E-state index contributed by atoms with van der Waals surface area (Å²) in [6.07, 6.45) is 1.16. The Morgan fingerprint density at radius 3 is 2.07 bits per heavy atom. The summed E-state index contributed by atoms with van der Waals surface area (Å²) in [5.74, 6) is 0.00674. The Morgan fingerprint density at radius 1 is 1.21 bits per heavy atom. The van der Waals surface area contributed by atoms with Crippen molar-refractivity contribution in [3.05, 3.63) is 0 Å². The van der Waals surface area contributed by atoms with E-state index >= 15 is 0 Å². The lowest BCUT2D eigenvalue weighted by Gasteiger charge is -2.23. The van der Waals surface area contributed by atoms with Crippen molar-refractivity contribution in [2.45, 2.75) is 6.92 Å². The van der Waals surface area contributed by atoms with E-state index in [4.69, 9.17) is 0 Å². The van der Waals surface area contributed by atoms with E-state index in [1.165, 1.54) is 9.80 Å². The number of carbonyl (C=O) groups is 1. The summed E-state index contributed by atoms with van der Waals surface area (Å²) >= 11 is 0. The maximum Gasteiger partial charge on any atom is 0.319 e. The minimum absolute atomic E-state index is 0.00674. The van der Waals surface area contributed by atoms with Crippen LogP contribution in [-0.2, 0) is 9.84 Å². The lowest BCUT2D eigenvalue weighted by molar-refractivity contribution is 0.178. The van der Waals surface area contributed by atoms with Crippen LogP contribution in [0.15, 0.2) is 0 Å². The van der Waals surface area contributed by atoms with Crippen LogP contribution >= 0.6 is 0 Å². The van der Waals surface area contributed by atoms with E-state index in [2.05, 4.69) is 0 Å². The number of urea groups is 1. The van der Waals surface area contributed by atoms with Gasteiger partial charge in [-0.05, 0) is 6.92 Å². The Labute approximate surface area is 85.6 Å². The quantitative estimate of drug-likeness (QED) is 0.674. The smallest absolute Gasteiger partial charge is 0.319 e. The second-order valence-corrected chi connectivity index (χ2v) is 5.61. The van der Waals surface area contributed by atoms with Crippen molar-refractivity contribution >= 4 is 15.9 Å². The summed E-state index contributed by atoms with van der Waals surface area (Å²) in [4.78, 5) is 14.4. The predicted octanol–water partition coefficient (Wildman–Crippen LogP) is 0.0345. The highest BCUT2D eigenvalue weighted by Gasteiger charge is 2.13. The van der Waals surface area contributed by atoms with Crippen molar-refractivity contribution in [2.75, 3.05) is 39.2 Å². The first kappa shape index (κ1) is 13.2. The average Bonchev–Trinajstić information content (AvgIpc) is 2.10. The molecule has 0 aliphatic rings. The van der Waals surface area contributed by atoms with Gasteiger partial charge in [0.15, 0.2) is 0 Å². The summed E-state index contributed by atoms with van der Waals surface area (Å²) in [6, 6.07) is -0.156. The van der Waals surface area contributed by atoms with Crippen LogP contribution in [0.5, 0.6) is 0 Å². The number of amides is 2. The summed E-state index contributed by atoms with van der Waals surface area (Å²) in [5.41, 5.74) is 0. The highest BCUT2D eigenvalue weighted by atomic mass is 32.2. The van der Waals surface area contributed by atoms with Crippen molar-refractivity contribution in [3.8, 4) is 0 Å². The normalized spacial score (nSPS) is 11.1. The van der Waals surface area contributed by atoms with Gasteiger partial charge in [0.25, 0.3) is 0 Å². The van der Waals surface area contributed by atoms with E-state index in [0.717, 1.165) is 6.26 Å². The summed E-state index contributed by atoms with van der Waals surface area (Å²) in [5, 5.41) is 0. The molecule has 0 aliphatic carbocycles. The third kappa shape index (κ3) is 5.06. The zero-order valence-corrected chi connectivity index (χ0v) is 9.97. The van der Waals surface area contributed by atoms with Crippen LogP contribution in [0.3, 0.4) is 0 Å². The maximum atomic E-state index is 11.4. The van der Waals surface area contributed by atoms with E-state index < -0.39 is 9.84 Å². The minimum Gasteiger partial charge on any atom is -0.328 e. The second-order valence-electron chi connectivity index (χ2n) is 3.35. The molecule has 2 amide bonds. The van der Waals surface area contributed by atoms with E-state index in [9.17, 15) is 13.2 Å². The van der Waals surface area contributed by atoms with Gasteiger partial charge >= 0.3 is 6.03 Å². The van der Waals surface area contributed by atoms with Gasteiger partial charge < -0.3 is 9.80 Å². The second kappa shape index (κ2) is 5.19. The predicted molar refractivity (Wildman–Crippen MR) is 56.0 cm³/mol. The van der Waals surface area contributed by atoms with Crippen LogP contribution in [0.25, 0.3) is 0 Å². The Kier molecular flexibility index (Phi) is 4.90. The van der Waals surface area contributed by atoms with Gasteiger partial charge in [0, 0.05) is 33.4 Å². The van der Waals surface area contributed by atoms with Crippen LogP contribution in [0.1, 0.15) is 6.92 Å². The molecule has 0 bridgehead atoms. The molecule has 0 aromatic heterocycles. The molecular formula is C8H18N2O3S. The van der Waals surface area contributed by atoms with Gasteiger partial charge in [-0.25, -0.2) is 13.2 Å². The number of hydrogen-bond acceptors (Lipinski definition) is 3. The molecular weight excluding hydrogens is 204 g/mol. The molecule has 0 unspecified atom stereocenters. The molecule has 14 heavy (non-hydrogen) atoms. The van der Waals surface area contributed by atoms with Crippen molar-refractivity contribution in [1.29, 1.82) is 0 Å². The van der Waals surface area contributed by atoms with E-state index in [1.807, 2.05) is 6.92 Å². The SMILES string of the molecule is CCN(C)C(=O)N(C)CCS(C)(=O)=O. The fourth-order valence-corrected chi connectivity index (χ4v) is 1.43. The lowest BCUT2D eigenvalue weighted by atomic mass is 10.6. The fourth-order valence-electron chi connectivity index (χ4n) is 0.825. The van der Waals surface area contributed by atoms with Gasteiger partial charge in [-0.1, -0.05) is 0 Å². The van der Waals surface area contributed by atoms with Crippen molar-refractivity contribution in [1.82, 2.24) is 9.80 Å². The molecule has 84 valence electrons. The maximum absolute atomic E-state index is 11.4. The number of nitrogens with zero attached hydrogens (tertiary/aromatic N) is 2. The summed E-state index contributed by atoms with van der Waals surface area (Å²) in [7, 11) is 0.279. The minimum atomic E-state index is -3.00. The molecule has 0 N–H and O–H groups in total. The molecule has 0 spiro atoms. The van der Waals surface area contributed by atoms with Gasteiger partial charge in [0.1, 0.15) is 9.84 Å². The van der Waals surface area contributed by atoms with E-state index in [1.54, 1.807) is 14.1 Å². The zero-order valence-electron chi connectivity index (χ0n) is 9.15.